The normalized spacial score (nSPS) is 39.5. The van der Waals surface area contributed by atoms with Crippen LogP contribution in [0.5, 0.6) is 0 Å². The second-order valence-corrected chi connectivity index (χ2v) is 3.44. The van der Waals surface area contributed by atoms with Crippen molar-refractivity contribution < 1.29 is 5.21 Å². The van der Waals surface area contributed by atoms with Crippen LogP contribution in [-0.4, -0.2) is 10.9 Å². The molecule has 0 amide bonds. The van der Waals surface area contributed by atoms with Gasteiger partial charge in [-0.2, -0.15) is 0 Å². The molecule has 2 aliphatic rings. The van der Waals surface area contributed by atoms with Crippen molar-refractivity contribution >= 4 is 5.71 Å². The van der Waals surface area contributed by atoms with Crippen molar-refractivity contribution in [1.82, 2.24) is 0 Å². The van der Waals surface area contributed by atoms with E-state index in [2.05, 4.69) is 17.3 Å². The van der Waals surface area contributed by atoms with Crippen LogP contribution in [0.3, 0.4) is 0 Å². The van der Waals surface area contributed by atoms with Gasteiger partial charge in [-0.25, -0.2) is 0 Å². The van der Waals surface area contributed by atoms with E-state index in [1.807, 2.05) is 0 Å². The van der Waals surface area contributed by atoms with Crippen molar-refractivity contribution in [3.8, 4) is 0 Å². The minimum atomic E-state index is 0.560. The molecule has 60 valence electrons. The molecule has 2 atom stereocenters. The summed E-state index contributed by atoms with van der Waals surface area (Å²) in [5.74, 6) is 1.33. The second kappa shape index (κ2) is 2.68. The molecule has 1 saturated carbocycles. The smallest absolute Gasteiger partial charge is 0.0607 e. The van der Waals surface area contributed by atoms with Crippen LogP contribution in [0.2, 0.25) is 0 Å². The van der Waals surface area contributed by atoms with Gasteiger partial charge in [0.25, 0.3) is 0 Å². The van der Waals surface area contributed by atoms with Gasteiger partial charge in [0.1, 0.15) is 0 Å². The fourth-order valence-corrected chi connectivity index (χ4v) is 2.24. The Balaban J connectivity index is 2.17. The summed E-state index contributed by atoms with van der Waals surface area (Å²) < 4.78 is 0. The van der Waals surface area contributed by atoms with Crippen molar-refractivity contribution in [1.29, 1.82) is 0 Å². The SMILES string of the molecule is ON=C1CC[C@@H]2CC=CC[C@@H]12. The second-order valence-electron chi connectivity index (χ2n) is 3.44. The Hall–Kier alpha value is -0.790. The molecule has 0 aromatic rings. The molecule has 0 aliphatic heterocycles. The molecule has 2 heteroatoms. The van der Waals surface area contributed by atoms with E-state index in [0.29, 0.717) is 5.92 Å². The van der Waals surface area contributed by atoms with Crippen LogP contribution >= 0.6 is 0 Å². The van der Waals surface area contributed by atoms with Crippen molar-refractivity contribution in [3.05, 3.63) is 12.2 Å². The Labute approximate surface area is 66.6 Å². The van der Waals surface area contributed by atoms with E-state index in [4.69, 9.17) is 5.21 Å². The highest BCUT2D eigenvalue weighted by Gasteiger charge is 2.32. The molecule has 11 heavy (non-hydrogen) atoms. The van der Waals surface area contributed by atoms with Gasteiger partial charge in [-0.15, -0.1) is 0 Å². The van der Waals surface area contributed by atoms with Crippen LogP contribution in [-0.2, 0) is 0 Å². The number of hydrogen-bond acceptors (Lipinski definition) is 2. The van der Waals surface area contributed by atoms with E-state index >= 15 is 0 Å². The van der Waals surface area contributed by atoms with Crippen molar-refractivity contribution in [2.24, 2.45) is 17.0 Å². The number of oxime groups is 1. The Kier molecular flexibility index (Phi) is 1.68. The number of allylic oxidation sites excluding steroid dienone is 2. The van der Waals surface area contributed by atoms with E-state index in [1.165, 1.54) is 12.8 Å². The highest BCUT2D eigenvalue weighted by atomic mass is 16.4. The lowest BCUT2D eigenvalue weighted by atomic mass is 9.85. The number of rotatable bonds is 0. The van der Waals surface area contributed by atoms with Crippen molar-refractivity contribution in [2.45, 2.75) is 25.7 Å². The molecule has 0 bridgehead atoms. The predicted octanol–water partition coefficient (Wildman–Crippen LogP) is 2.19. The van der Waals surface area contributed by atoms with Gasteiger partial charge in [0, 0.05) is 5.92 Å². The average molecular weight is 151 g/mol. The zero-order valence-electron chi connectivity index (χ0n) is 6.53. The van der Waals surface area contributed by atoms with Crippen LogP contribution in [0.15, 0.2) is 17.3 Å². The van der Waals surface area contributed by atoms with Gasteiger partial charge in [-0.05, 0) is 31.6 Å². The molecule has 1 N–H and O–H groups in total. The maximum absolute atomic E-state index is 8.67. The number of fused-ring (bicyclic) bond motifs is 1. The molecule has 0 heterocycles. The van der Waals surface area contributed by atoms with Crippen LogP contribution in [0.4, 0.5) is 0 Å². The summed E-state index contributed by atoms with van der Waals surface area (Å²) in [6.45, 7) is 0. The highest BCUT2D eigenvalue weighted by molar-refractivity contribution is 5.88. The largest absolute Gasteiger partial charge is 0.411 e. The first kappa shape index (κ1) is 6.89. The fourth-order valence-electron chi connectivity index (χ4n) is 2.24. The lowest BCUT2D eigenvalue weighted by Gasteiger charge is -2.19. The molecule has 2 aliphatic carbocycles. The fraction of sp³-hybridized carbons (Fsp3) is 0.667. The molecule has 1 fully saturated rings. The number of nitrogens with zero attached hydrogens (tertiary/aromatic N) is 1. The van der Waals surface area contributed by atoms with Crippen molar-refractivity contribution in [2.75, 3.05) is 0 Å². The van der Waals surface area contributed by atoms with E-state index in [-0.39, 0.29) is 0 Å². The third-order valence-corrected chi connectivity index (χ3v) is 2.89. The number of hydrogen-bond donors (Lipinski definition) is 1. The predicted molar refractivity (Wildman–Crippen MR) is 43.8 cm³/mol. The average Bonchev–Trinajstić information content (AvgIpc) is 2.47. The Morgan fingerprint density at radius 2 is 2.18 bits per heavy atom. The summed E-state index contributed by atoms with van der Waals surface area (Å²) >= 11 is 0. The summed E-state index contributed by atoms with van der Waals surface area (Å²) in [6, 6.07) is 0. The molecule has 0 aromatic heterocycles. The quantitative estimate of drug-likeness (QED) is 0.321. The topological polar surface area (TPSA) is 32.6 Å². The van der Waals surface area contributed by atoms with Gasteiger partial charge in [0.05, 0.1) is 5.71 Å². The first-order chi connectivity index (χ1) is 5.42. The van der Waals surface area contributed by atoms with Crippen LogP contribution in [0.25, 0.3) is 0 Å². The monoisotopic (exact) mass is 151 g/mol. The lowest BCUT2D eigenvalue weighted by molar-refractivity contribution is 0.312. The maximum Gasteiger partial charge on any atom is 0.0607 e. The van der Waals surface area contributed by atoms with E-state index in [0.717, 1.165) is 24.5 Å². The Morgan fingerprint density at radius 3 is 3.00 bits per heavy atom. The lowest BCUT2D eigenvalue weighted by Crippen LogP contribution is -2.16. The summed E-state index contributed by atoms with van der Waals surface area (Å²) in [7, 11) is 0. The minimum absolute atomic E-state index is 0.560. The van der Waals surface area contributed by atoms with Crippen LogP contribution in [0, 0.1) is 11.8 Å². The molecular weight excluding hydrogens is 138 g/mol. The minimum Gasteiger partial charge on any atom is -0.411 e. The maximum atomic E-state index is 8.67. The molecule has 2 rings (SSSR count). The molecule has 0 unspecified atom stereocenters. The van der Waals surface area contributed by atoms with E-state index in [1.54, 1.807) is 0 Å². The van der Waals surface area contributed by atoms with Crippen molar-refractivity contribution in [3.63, 3.8) is 0 Å². The summed E-state index contributed by atoms with van der Waals surface area (Å²) in [5.41, 5.74) is 1.03. The Morgan fingerprint density at radius 1 is 1.36 bits per heavy atom. The molecule has 0 aromatic carbocycles. The van der Waals surface area contributed by atoms with E-state index < -0.39 is 0 Å². The van der Waals surface area contributed by atoms with Crippen LogP contribution in [0.1, 0.15) is 25.7 Å². The molecule has 0 spiro atoms. The molecule has 0 radical (unpaired) electrons. The first-order valence-corrected chi connectivity index (χ1v) is 4.27. The first-order valence-electron chi connectivity index (χ1n) is 4.27. The molecule has 2 nitrogen and oxygen atoms in total. The van der Waals surface area contributed by atoms with Crippen LogP contribution < -0.4 is 0 Å². The molecule has 0 saturated heterocycles. The van der Waals surface area contributed by atoms with Gasteiger partial charge < -0.3 is 5.21 Å². The van der Waals surface area contributed by atoms with Gasteiger partial charge in [0.15, 0.2) is 0 Å². The Bertz CT molecular complexity index is 208. The standard InChI is InChI=1S/C9H13NO/c11-10-9-6-5-7-3-1-2-4-8(7)9/h1-2,7-8,11H,3-6H2/t7-,8+/m0/s1. The van der Waals surface area contributed by atoms with Gasteiger partial charge in [0.2, 0.25) is 0 Å². The third-order valence-electron chi connectivity index (χ3n) is 2.89. The summed E-state index contributed by atoms with van der Waals surface area (Å²) in [5, 5.41) is 12.0. The third kappa shape index (κ3) is 1.06. The zero-order chi connectivity index (χ0) is 7.68. The highest BCUT2D eigenvalue weighted by Crippen LogP contribution is 2.37. The zero-order valence-corrected chi connectivity index (χ0v) is 6.53. The molecular formula is C9H13NO. The van der Waals surface area contributed by atoms with Gasteiger partial charge in [-0.3, -0.25) is 0 Å². The summed E-state index contributed by atoms with van der Waals surface area (Å²) in [4.78, 5) is 0. The van der Waals surface area contributed by atoms with Gasteiger partial charge >= 0.3 is 0 Å². The summed E-state index contributed by atoms with van der Waals surface area (Å²) in [6.07, 6.45) is 8.95. The van der Waals surface area contributed by atoms with Gasteiger partial charge in [-0.1, -0.05) is 17.3 Å². The van der Waals surface area contributed by atoms with E-state index in [9.17, 15) is 0 Å².